The van der Waals surface area contributed by atoms with Gasteiger partial charge in [0.15, 0.2) is 5.82 Å². The average molecular weight is 244 g/mol. The molecule has 0 aromatic carbocycles. The molecule has 1 unspecified atom stereocenters. The predicted octanol–water partition coefficient (Wildman–Crippen LogP) is 0.742. The van der Waals surface area contributed by atoms with Gasteiger partial charge in [-0.05, 0) is 23.7 Å². The van der Waals surface area contributed by atoms with Crippen molar-refractivity contribution in [1.29, 1.82) is 0 Å². The molecule has 15 heavy (non-hydrogen) atoms. The summed E-state index contributed by atoms with van der Waals surface area (Å²) in [7, 11) is 0. The minimum absolute atomic E-state index is 0.223. The zero-order valence-electron chi connectivity index (χ0n) is 8.03. The van der Waals surface area contributed by atoms with Crippen molar-refractivity contribution in [3.05, 3.63) is 5.56 Å². The summed E-state index contributed by atoms with van der Waals surface area (Å²) in [4.78, 5) is 11.1. The Kier molecular flexibility index (Phi) is 3.01. The summed E-state index contributed by atoms with van der Waals surface area (Å²) in [5.74, 6) is 1.91. The second kappa shape index (κ2) is 4.28. The van der Waals surface area contributed by atoms with Gasteiger partial charge in [-0.2, -0.15) is 16.1 Å². The van der Waals surface area contributed by atoms with E-state index in [0.717, 1.165) is 17.9 Å². The van der Waals surface area contributed by atoms with Gasteiger partial charge in [-0.3, -0.25) is 4.79 Å². The fourth-order valence-corrected chi connectivity index (χ4v) is 3.42. The number of hydrogen-bond acceptors (Lipinski definition) is 6. The second-order valence-electron chi connectivity index (χ2n) is 3.34. The second-order valence-corrected chi connectivity index (χ2v) is 5.26. The minimum Gasteiger partial charge on any atom is -0.382 e. The highest BCUT2D eigenvalue weighted by atomic mass is 32.2. The van der Waals surface area contributed by atoms with Crippen molar-refractivity contribution in [2.75, 3.05) is 22.6 Å². The number of carbonyl (C=O) groups excluding carboxylic acids is 1. The SMILES string of the molecule is NC(=O)c1c(N)nsc1NC1CCSC1. The molecule has 2 heterocycles. The van der Waals surface area contributed by atoms with Crippen molar-refractivity contribution in [3.63, 3.8) is 0 Å². The third kappa shape index (κ3) is 2.18. The van der Waals surface area contributed by atoms with E-state index in [1.165, 1.54) is 11.5 Å². The fourth-order valence-electron chi connectivity index (χ4n) is 1.47. The number of nitrogens with zero attached hydrogens (tertiary/aromatic N) is 1. The van der Waals surface area contributed by atoms with Gasteiger partial charge in [-0.25, -0.2) is 0 Å². The molecule has 5 nitrogen and oxygen atoms in total. The number of rotatable bonds is 3. The van der Waals surface area contributed by atoms with E-state index in [2.05, 4.69) is 9.69 Å². The Hall–Kier alpha value is -0.950. The number of amides is 1. The van der Waals surface area contributed by atoms with Crippen molar-refractivity contribution in [2.24, 2.45) is 5.73 Å². The van der Waals surface area contributed by atoms with Gasteiger partial charge in [0.1, 0.15) is 10.6 Å². The topological polar surface area (TPSA) is 94.0 Å². The van der Waals surface area contributed by atoms with Gasteiger partial charge >= 0.3 is 0 Å². The van der Waals surface area contributed by atoms with Crippen LogP contribution in [0.15, 0.2) is 0 Å². The molecule has 7 heteroatoms. The van der Waals surface area contributed by atoms with Crippen molar-refractivity contribution < 1.29 is 4.79 Å². The largest absolute Gasteiger partial charge is 0.382 e. The van der Waals surface area contributed by atoms with Gasteiger partial charge in [-0.1, -0.05) is 0 Å². The fraction of sp³-hybridized carbons (Fsp3) is 0.500. The van der Waals surface area contributed by atoms with Crippen molar-refractivity contribution in [2.45, 2.75) is 12.5 Å². The molecule has 0 radical (unpaired) electrons. The Balaban J connectivity index is 2.16. The summed E-state index contributed by atoms with van der Waals surface area (Å²) >= 11 is 3.09. The van der Waals surface area contributed by atoms with E-state index >= 15 is 0 Å². The molecule has 5 N–H and O–H groups in total. The molecule has 1 fully saturated rings. The van der Waals surface area contributed by atoms with Crippen LogP contribution >= 0.6 is 23.3 Å². The van der Waals surface area contributed by atoms with Crippen LogP contribution in [0, 0.1) is 0 Å². The maximum absolute atomic E-state index is 11.1. The highest BCUT2D eigenvalue weighted by molar-refractivity contribution is 7.99. The number of nitrogens with one attached hydrogen (secondary N) is 1. The van der Waals surface area contributed by atoms with Gasteiger partial charge < -0.3 is 16.8 Å². The molecule has 1 aliphatic rings. The summed E-state index contributed by atoms with van der Waals surface area (Å²) in [6.07, 6.45) is 1.10. The number of primary amides is 1. The van der Waals surface area contributed by atoms with Gasteiger partial charge in [-0.15, -0.1) is 0 Å². The number of aromatic nitrogens is 1. The number of thioether (sulfide) groups is 1. The Bertz CT molecular complexity index is 373. The minimum atomic E-state index is -0.519. The van der Waals surface area contributed by atoms with Gasteiger partial charge in [0.2, 0.25) is 0 Å². The van der Waals surface area contributed by atoms with E-state index in [9.17, 15) is 4.79 Å². The third-order valence-electron chi connectivity index (χ3n) is 2.23. The van der Waals surface area contributed by atoms with Gasteiger partial charge in [0.05, 0.1) is 0 Å². The molecular formula is C8H12N4OS2. The van der Waals surface area contributed by atoms with E-state index in [1.807, 2.05) is 11.8 Å². The molecule has 1 aromatic heterocycles. The van der Waals surface area contributed by atoms with Crippen LogP contribution in [0.2, 0.25) is 0 Å². The zero-order valence-corrected chi connectivity index (χ0v) is 9.66. The quantitative estimate of drug-likeness (QED) is 0.729. The standard InChI is InChI=1S/C8H12N4OS2/c9-6-5(7(10)13)8(15-12-6)11-4-1-2-14-3-4/h4,11H,1-3H2,(H2,9,12)(H2,10,13). The molecule has 1 aliphatic heterocycles. The summed E-state index contributed by atoms with van der Waals surface area (Å²) in [6.45, 7) is 0. The molecule has 0 spiro atoms. The third-order valence-corrected chi connectivity index (χ3v) is 4.18. The lowest BCUT2D eigenvalue weighted by Gasteiger charge is -2.10. The van der Waals surface area contributed by atoms with Crippen LogP contribution < -0.4 is 16.8 Å². The van der Waals surface area contributed by atoms with Gasteiger partial charge in [0.25, 0.3) is 5.91 Å². The van der Waals surface area contributed by atoms with Crippen molar-refractivity contribution in [3.8, 4) is 0 Å². The first-order valence-corrected chi connectivity index (χ1v) is 6.50. The maximum atomic E-state index is 11.1. The normalized spacial score (nSPS) is 20.4. The number of anilines is 2. The summed E-state index contributed by atoms with van der Waals surface area (Å²) < 4.78 is 3.93. The van der Waals surface area contributed by atoms with Crippen LogP contribution in [0.25, 0.3) is 0 Å². The lowest BCUT2D eigenvalue weighted by Crippen LogP contribution is -2.21. The number of carbonyl (C=O) groups is 1. The molecule has 82 valence electrons. The maximum Gasteiger partial charge on any atom is 0.255 e. The first-order valence-electron chi connectivity index (χ1n) is 4.57. The molecule has 0 aliphatic carbocycles. The molecular weight excluding hydrogens is 232 g/mol. The Morgan fingerprint density at radius 3 is 3.00 bits per heavy atom. The monoisotopic (exact) mass is 244 g/mol. The zero-order chi connectivity index (χ0) is 10.8. The van der Waals surface area contributed by atoms with Crippen molar-refractivity contribution >= 4 is 40.0 Å². The predicted molar refractivity (Wildman–Crippen MR) is 64.4 cm³/mol. The van der Waals surface area contributed by atoms with Crippen LogP contribution in [0.5, 0.6) is 0 Å². The van der Waals surface area contributed by atoms with E-state index in [0.29, 0.717) is 16.6 Å². The van der Waals surface area contributed by atoms with Crippen LogP contribution in [0.3, 0.4) is 0 Å². The van der Waals surface area contributed by atoms with Crippen LogP contribution in [-0.4, -0.2) is 27.8 Å². The van der Waals surface area contributed by atoms with Crippen molar-refractivity contribution in [1.82, 2.24) is 4.37 Å². The van der Waals surface area contributed by atoms with E-state index < -0.39 is 5.91 Å². The molecule has 1 amide bonds. The Morgan fingerprint density at radius 1 is 1.60 bits per heavy atom. The van der Waals surface area contributed by atoms with E-state index in [4.69, 9.17) is 11.5 Å². The molecule has 1 aromatic rings. The van der Waals surface area contributed by atoms with E-state index in [-0.39, 0.29) is 5.82 Å². The van der Waals surface area contributed by atoms with E-state index in [1.54, 1.807) is 0 Å². The first kappa shape index (κ1) is 10.6. The number of nitrogens with two attached hydrogens (primary N) is 2. The average Bonchev–Trinajstić information content (AvgIpc) is 2.76. The molecule has 0 saturated carbocycles. The van der Waals surface area contributed by atoms with Gasteiger partial charge in [0, 0.05) is 11.8 Å². The van der Waals surface area contributed by atoms with Crippen LogP contribution in [0.4, 0.5) is 10.8 Å². The Labute approximate surface area is 95.8 Å². The Morgan fingerprint density at radius 2 is 2.40 bits per heavy atom. The summed E-state index contributed by atoms with van der Waals surface area (Å²) in [5.41, 5.74) is 11.1. The lowest BCUT2D eigenvalue weighted by molar-refractivity contribution is 0.100. The molecule has 1 atom stereocenters. The van der Waals surface area contributed by atoms with Crippen LogP contribution in [0.1, 0.15) is 16.8 Å². The molecule has 0 bridgehead atoms. The summed E-state index contributed by atoms with van der Waals surface area (Å²) in [6, 6.07) is 0.396. The van der Waals surface area contributed by atoms with Crippen LogP contribution in [-0.2, 0) is 0 Å². The first-order chi connectivity index (χ1) is 7.18. The highest BCUT2D eigenvalue weighted by Crippen LogP contribution is 2.29. The molecule has 1 saturated heterocycles. The lowest BCUT2D eigenvalue weighted by atomic mass is 10.2. The summed E-state index contributed by atoms with van der Waals surface area (Å²) in [5, 5.41) is 3.97. The molecule has 2 rings (SSSR count). The highest BCUT2D eigenvalue weighted by Gasteiger charge is 2.21. The number of nitrogen functional groups attached to an aromatic ring is 1. The smallest absolute Gasteiger partial charge is 0.255 e. The number of hydrogen-bond donors (Lipinski definition) is 3.